The molecule has 2 nitrogen and oxygen atoms in total. The minimum absolute atomic E-state index is 0.704. The van der Waals surface area contributed by atoms with Crippen LogP contribution in [0.2, 0.25) is 0 Å². The molecule has 0 unspecified atom stereocenters. The third-order valence-corrected chi connectivity index (χ3v) is 2.91. The van der Waals surface area contributed by atoms with Crippen LogP contribution in [0.3, 0.4) is 0 Å². The van der Waals surface area contributed by atoms with Crippen molar-refractivity contribution in [2.24, 2.45) is 5.73 Å². The van der Waals surface area contributed by atoms with Crippen LogP contribution in [-0.4, -0.2) is 11.5 Å². The smallest absolute Gasteiger partial charge is 0.159 e. The summed E-state index contributed by atoms with van der Waals surface area (Å²) in [5.41, 5.74) is 6.50. The molecule has 0 atom stereocenters. The van der Waals surface area contributed by atoms with E-state index in [1.165, 1.54) is 4.88 Å². The summed E-state index contributed by atoms with van der Waals surface area (Å²) in [7, 11) is 0. The number of halogens is 1. The number of nitrogens with two attached hydrogens (primary N) is 1. The lowest BCUT2D eigenvalue weighted by atomic mass is 10.3. The Morgan fingerprint density at radius 2 is 2.40 bits per heavy atom. The number of hydrogen-bond acceptors (Lipinski definition) is 3. The lowest BCUT2D eigenvalue weighted by Crippen LogP contribution is -2.01. The van der Waals surface area contributed by atoms with E-state index >= 15 is 0 Å². The van der Waals surface area contributed by atoms with Gasteiger partial charge in [0, 0.05) is 4.88 Å². The second kappa shape index (κ2) is 3.46. The summed E-state index contributed by atoms with van der Waals surface area (Å²) in [6, 6.07) is 0. The van der Waals surface area contributed by atoms with Crippen LogP contribution in [0.25, 0.3) is 0 Å². The molecule has 0 aliphatic heterocycles. The predicted octanol–water partition coefficient (Wildman–Crippen LogP) is 1.72. The van der Waals surface area contributed by atoms with E-state index in [1.54, 1.807) is 11.3 Å². The third-order valence-electron chi connectivity index (χ3n) is 1.24. The zero-order chi connectivity index (χ0) is 7.56. The van der Waals surface area contributed by atoms with Crippen molar-refractivity contribution >= 4 is 27.3 Å². The van der Waals surface area contributed by atoms with Gasteiger partial charge >= 0.3 is 0 Å². The Morgan fingerprint density at radius 1 is 1.70 bits per heavy atom. The normalized spacial score (nSPS) is 10.3. The first-order chi connectivity index (χ1) is 4.74. The Labute approximate surface area is 72.6 Å². The van der Waals surface area contributed by atoms with Crippen molar-refractivity contribution in [3.63, 3.8) is 0 Å². The molecule has 1 aromatic rings. The molecule has 0 fully saturated rings. The van der Waals surface area contributed by atoms with Crippen LogP contribution in [0.4, 0.5) is 0 Å². The van der Waals surface area contributed by atoms with Crippen molar-refractivity contribution in [3.05, 3.63) is 14.5 Å². The Bertz CT molecular complexity index is 222. The van der Waals surface area contributed by atoms with E-state index < -0.39 is 0 Å². The van der Waals surface area contributed by atoms with E-state index in [0.29, 0.717) is 6.54 Å². The lowest BCUT2D eigenvalue weighted by molar-refractivity contribution is 0.969. The Kier molecular flexibility index (Phi) is 2.82. The molecule has 0 saturated heterocycles. The number of aryl methyl sites for hydroxylation is 1. The van der Waals surface area contributed by atoms with Crippen LogP contribution in [0, 0.1) is 6.92 Å². The highest BCUT2D eigenvalue weighted by Crippen LogP contribution is 2.22. The highest BCUT2D eigenvalue weighted by atomic mass is 79.9. The molecule has 1 heterocycles. The minimum atomic E-state index is 0.704. The van der Waals surface area contributed by atoms with Crippen LogP contribution < -0.4 is 5.73 Å². The molecule has 0 amide bonds. The number of aromatic nitrogens is 1. The van der Waals surface area contributed by atoms with Gasteiger partial charge in [-0.3, -0.25) is 0 Å². The fourth-order valence-electron chi connectivity index (χ4n) is 0.756. The minimum Gasteiger partial charge on any atom is -0.330 e. The third kappa shape index (κ3) is 1.78. The van der Waals surface area contributed by atoms with Gasteiger partial charge in [0.2, 0.25) is 0 Å². The van der Waals surface area contributed by atoms with E-state index in [9.17, 15) is 0 Å². The highest BCUT2D eigenvalue weighted by molar-refractivity contribution is 9.11. The first-order valence-electron chi connectivity index (χ1n) is 3.06. The molecule has 0 radical (unpaired) electrons. The van der Waals surface area contributed by atoms with Crippen molar-refractivity contribution in [2.75, 3.05) is 6.54 Å². The molecule has 0 aliphatic carbocycles. The van der Waals surface area contributed by atoms with Crippen LogP contribution >= 0.6 is 27.3 Å². The average molecular weight is 221 g/mol. The molecule has 0 aliphatic rings. The van der Waals surface area contributed by atoms with E-state index in [-0.39, 0.29) is 0 Å². The number of rotatable bonds is 2. The second-order valence-electron chi connectivity index (χ2n) is 2.01. The van der Waals surface area contributed by atoms with Crippen LogP contribution in [0.15, 0.2) is 3.92 Å². The van der Waals surface area contributed by atoms with Crippen LogP contribution in [0.5, 0.6) is 0 Å². The van der Waals surface area contributed by atoms with Gasteiger partial charge in [0.05, 0.1) is 5.69 Å². The maximum atomic E-state index is 5.40. The summed E-state index contributed by atoms with van der Waals surface area (Å²) in [4.78, 5) is 5.50. The average Bonchev–Trinajstić information content (AvgIpc) is 2.13. The quantitative estimate of drug-likeness (QED) is 0.825. The fraction of sp³-hybridized carbons (Fsp3) is 0.500. The second-order valence-corrected chi connectivity index (χ2v) is 4.37. The van der Waals surface area contributed by atoms with E-state index in [0.717, 1.165) is 16.0 Å². The van der Waals surface area contributed by atoms with Gasteiger partial charge in [-0.15, -0.1) is 11.3 Å². The SMILES string of the molecule is Cc1nc(Br)sc1CCN. The Balaban J connectivity index is 2.81. The van der Waals surface area contributed by atoms with Gasteiger partial charge in [-0.25, -0.2) is 4.98 Å². The van der Waals surface area contributed by atoms with Gasteiger partial charge in [-0.2, -0.15) is 0 Å². The molecule has 0 spiro atoms. The van der Waals surface area contributed by atoms with E-state index in [4.69, 9.17) is 5.73 Å². The predicted molar refractivity (Wildman–Crippen MR) is 47.3 cm³/mol. The first kappa shape index (κ1) is 8.17. The topological polar surface area (TPSA) is 38.9 Å². The summed E-state index contributed by atoms with van der Waals surface area (Å²) in [5.74, 6) is 0. The molecule has 0 bridgehead atoms. The summed E-state index contributed by atoms with van der Waals surface area (Å²) < 4.78 is 0.952. The van der Waals surface area contributed by atoms with Crippen LogP contribution in [0.1, 0.15) is 10.6 Å². The maximum absolute atomic E-state index is 5.40. The van der Waals surface area contributed by atoms with Gasteiger partial charge in [0.25, 0.3) is 0 Å². The summed E-state index contributed by atoms with van der Waals surface area (Å²) >= 11 is 4.98. The molecular weight excluding hydrogens is 212 g/mol. The largest absolute Gasteiger partial charge is 0.330 e. The Hall–Kier alpha value is 0.0700. The van der Waals surface area contributed by atoms with Crippen molar-refractivity contribution < 1.29 is 0 Å². The van der Waals surface area contributed by atoms with Gasteiger partial charge in [0.15, 0.2) is 3.92 Å². The zero-order valence-corrected chi connectivity index (χ0v) is 8.13. The van der Waals surface area contributed by atoms with Crippen molar-refractivity contribution in [1.29, 1.82) is 0 Å². The van der Waals surface area contributed by atoms with Crippen molar-refractivity contribution in [2.45, 2.75) is 13.3 Å². The molecule has 0 saturated carbocycles. The van der Waals surface area contributed by atoms with Crippen LogP contribution in [-0.2, 0) is 6.42 Å². The molecule has 4 heteroatoms. The molecule has 10 heavy (non-hydrogen) atoms. The van der Waals surface area contributed by atoms with E-state index in [2.05, 4.69) is 20.9 Å². The lowest BCUT2D eigenvalue weighted by Gasteiger charge is -1.90. The summed E-state index contributed by atoms with van der Waals surface area (Å²) in [5, 5.41) is 0. The van der Waals surface area contributed by atoms with Gasteiger partial charge in [-0.1, -0.05) is 0 Å². The number of nitrogens with zero attached hydrogens (tertiary/aromatic N) is 1. The molecular formula is C6H9BrN2S. The summed E-state index contributed by atoms with van der Waals surface area (Å²) in [6.45, 7) is 2.71. The van der Waals surface area contributed by atoms with Gasteiger partial charge in [-0.05, 0) is 35.8 Å². The standard InChI is InChI=1S/C6H9BrN2S/c1-4-5(2-3-8)10-6(7)9-4/h2-3,8H2,1H3. The van der Waals surface area contributed by atoms with Crippen molar-refractivity contribution in [3.8, 4) is 0 Å². The summed E-state index contributed by atoms with van der Waals surface area (Å²) in [6.07, 6.45) is 0.940. The molecule has 0 aromatic carbocycles. The van der Waals surface area contributed by atoms with Crippen molar-refractivity contribution in [1.82, 2.24) is 4.98 Å². The fourth-order valence-corrected chi connectivity index (χ4v) is 2.41. The van der Waals surface area contributed by atoms with Gasteiger partial charge < -0.3 is 5.73 Å². The number of thiazole rings is 1. The first-order valence-corrected chi connectivity index (χ1v) is 4.67. The molecule has 1 rings (SSSR count). The highest BCUT2D eigenvalue weighted by Gasteiger charge is 2.02. The monoisotopic (exact) mass is 220 g/mol. The van der Waals surface area contributed by atoms with Gasteiger partial charge in [0.1, 0.15) is 0 Å². The molecule has 56 valence electrons. The maximum Gasteiger partial charge on any atom is 0.159 e. The molecule has 1 aromatic heterocycles. The molecule has 2 N–H and O–H groups in total. The van der Waals surface area contributed by atoms with E-state index in [1.807, 2.05) is 6.92 Å². The zero-order valence-electron chi connectivity index (χ0n) is 5.72. The number of hydrogen-bond donors (Lipinski definition) is 1. The Morgan fingerprint density at radius 3 is 2.80 bits per heavy atom.